The number of hydrogen-bond acceptors (Lipinski definition) is 3. The summed E-state index contributed by atoms with van der Waals surface area (Å²) < 4.78 is 5.62. The summed E-state index contributed by atoms with van der Waals surface area (Å²) in [7, 11) is 1.84. The molecule has 1 aliphatic rings. The molecule has 1 fully saturated rings. The van der Waals surface area contributed by atoms with Gasteiger partial charge >= 0.3 is 0 Å². The van der Waals surface area contributed by atoms with E-state index in [-0.39, 0.29) is 24.4 Å². The molecule has 0 aliphatic heterocycles. The zero-order valence-corrected chi connectivity index (χ0v) is 14.1. The number of hydrogen-bond donors (Lipinski definition) is 1. The van der Waals surface area contributed by atoms with Crippen LogP contribution in [0.1, 0.15) is 32.1 Å². The van der Waals surface area contributed by atoms with Crippen LogP contribution in [0.4, 0.5) is 0 Å². The minimum Gasteiger partial charge on any atom is -0.492 e. The summed E-state index contributed by atoms with van der Waals surface area (Å²) in [6, 6.07) is 9.86. The maximum absolute atomic E-state index is 12.2. The molecule has 22 heavy (non-hydrogen) atoms. The van der Waals surface area contributed by atoms with Crippen molar-refractivity contribution < 1.29 is 9.53 Å². The van der Waals surface area contributed by atoms with Crippen LogP contribution in [0.25, 0.3) is 0 Å². The number of rotatable bonds is 6. The Morgan fingerprint density at radius 1 is 1.27 bits per heavy atom. The van der Waals surface area contributed by atoms with Gasteiger partial charge in [-0.25, -0.2) is 0 Å². The molecule has 0 saturated heterocycles. The Kier molecular flexibility index (Phi) is 8.28. The van der Waals surface area contributed by atoms with Gasteiger partial charge in [0.15, 0.2) is 0 Å². The van der Waals surface area contributed by atoms with Crippen LogP contribution in [0, 0.1) is 5.92 Å². The zero-order chi connectivity index (χ0) is 15.1. The van der Waals surface area contributed by atoms with E-state index in [2.05, 4.69) is 0 Å². The van der Waals surface area contributed by atoms with Gasteiger partial charge in [-0.3, -0.25) is 4.79 Å². The highest BCUT2D eigenvalue weighted by atomic mass is 35.5. The lowest BCUT2D eigenvalue weighted by Crippen LogP contribution is -2.38. The number of amides is 1. The van der Waals surface area contributed by atoms with Crippen molar-refractivity contribution in [3.8, 4) is 5.75 Å². The van der Waals surface area contributed by atoms with Gasteiger partial charge in [-0.15, -0.1) is 12.4 Å². The molecule has 5 heteroatoms. The van der Waals surface area contributed by atoms with Gasteiger partial charge in [0.1, 0.15) is 12.4 Å². The van der Waals surface area contributed by atoms with Gasteiger partial charge in [0.2, 0.25) is 5.91 Å². The molecular formula is C17H27ClN2O2. The first kappa shape index (κ1) is 18.8. The third kappa shape index (κ3) is 5.85. The van der Waals surface area contributed by atoms with Crippen LogP contribution in [0.5, 0.6) is 5.75 Å². The molecule has 1 saturated carbocycles. The summed E-state index contributed by atoms with van der Waals surface area (Å²) in [5, 5.41) is 0. The summed E-state index contributed by atoms with van der Waals surface area (Å²) >= 11 is 0. The first-order valence-corrected chi connectivity index (χ1v) is 7.84. The summed E-state index contributed by atoms with van der Waals surface area (Å²) in [6.45, 7) is 1.12. The largest absolute Gasteiger partial charge is 0.492 e. The van der Waals surface area contributed by atoms with E-state index in [9.17, 15) is 4.79 Å². The highest BCUT2D eigenvalue weighted by Crippen LogP contribution is 2.26. The molecule has 2 atom stereocenters. The summed E-state index contributed by atoms with van der Waals surface area (Å²) in [5.41, 5.74) is 6.11. The topological polar surface area (TPSA) is 55.6 Å². The molecular weight excluding hydrogens is 300 g/mol. The Labute approximate surface area is 139 Å². The number of nitrogens with two attached hydrogens (primary N) is 1. The van der Waals surface area contributed by atoms with E-state index in [0.717, 1.165) is 18.6 Å². The Balaban J connectivity index is 0.00000242. The van der Waals surface area contributed by atoms with Crippen molar-refractivity contribution in [1.82, 2.24) is 4.90 Å². The van der Waals surface area contributed by atoms with Crippen LogP contribution in [0.2, 0.25) is 0 Å². The summed E-state index contributed by atoms with van der Waals surface area (Å²) in [6.07, 6.45) is 5.11. The third-order valence-electron chi connectivity index (χ3n) is 4.27. The van der Waals surface area contributed by atoms with Crippen molar-refractivity contribution in [2.45, 2.75) is 38.1 Å². The molecule has 2 N–H and O–H groups in total. The molecule has 0 aromatic heterocycles. The van der Waals surface area contributed by atoms with Gasteiger partial charge in [-0.05, 0) is 30.9 Å². The molecule has 0 spiro atoms. The average molecular weight is 327 g/mol. The SMILES string of the molecule is CN(CCOc1ccccc1)C(=O)CC1CCCCC1N.Cl. The maximum atomic E-state index is 12.2. The molecule has 0 radical (unpaired) electrons. The smallest absolute Gasteiger partial charge is 0.222 e. The lowest BCUT2D eigenvalue weighted by molar-refractivity contribution is -0.131. The van der Waals surface area contributed by atoms with E-state index in [0.29, 0.717) is 25.5 Å². The van der Waals surface area contributed by atoms with Crippen LogP contribution in [0.3, 0.4) is 0 Å². The fourth-order valence-electron chi connectivity index (χ4n) is 2.81. The van der Waals surface area contributed by atoms with Gasteiger partial charge in [-0.2, -0.15) is 0 Å². The third-order valence-corrected chi connectivity index (χ3v) is 4.27. The van der Waals surface area contributed by atoms with Crippen molar-refractivity contribution in [2.75, 3.05) is 20.2 Å². The number of likely N-dealkylation sites (N-methyl/N-ethyl adjacent to an activating group) is 1. The second-order valence-electron chi connectivity index (χ2n) is 5.89. The number of carbonyl (C=O) groups is 1. The Hall–Kier alpha value is -1.26. The standard InChI is InChI=1S/C17H26N2O2.ClH/c1-19(11-12-21-15-8-3-2-4-9-15)17(20)13-14-7-5-6-10-16(14)18;/h2-4,8-9,14,16H,5-7,10-13,18H2,1H3;1H. The molecule has 0 heterocycles. The van der Waals surface area contributed by atoms with Gasteiger partial charge in [-0.1, -0.05) is 31.0 Å². The lowest BCUT2D eigenvalue weighted by Gasteiger charge is -2.29. The molecule has 2 rings (SSSR count). The highest BCUT2D eigenvalue weighted by Gasteiger charge is 2.25. The Bertz CT molecular complexity index is 442. The van der Waals surface area contributed by atoms with Gasteiger partial charge in [0, 0.05) is 19.5 Å². The predicted octanol–water partition coefficient (Wildman–Crippen LogP) is 2.85. The first-order chi connectivity index (χ1) is 10.2. The molecule has 1 amide bonds. The zero-order valence-electron chi connectivity index (χ0n) is 13.2. The molecule has 1 aliphatic carbocycles. The van der Waals surface area contributed by atoms with Crippen LogP contribution >= 0.6 is 12.4 Å². The molecule has 1 aromatic carbocycles. The van der Waals surface area contributed by atoms with E-state index in [1.54, 1.807) is 4.90 Å². The van der Waals surface area contributed by atoms with Crippen molar-refractivity contribution in [1.29, 1.82) is 0 Å². The summed E-state index contributed by atoms with van der Waals surface area (Å²) in [4.78, 5) is 14.0. The number of para-hydroxylation sites is 1. The van der Waals surface area contributed by atoms with Crippen LogP contribution < -0.4 is 10.5 Å². The molecule has 124 valence electrons. The van der Waals surface area contributed by atoms with Crippen LogP contribution in [-0.4, -0.2) is 37.0 Å². The van der Waals surface area contributed by atoms with E-state index in [4.69, 9.17) is 10.5 Å². The lowest BCUT2D eigenvalue weighted by atomic mass is 9.83. The fraction of sp³-hybridized carbons (Fsp3) is 0.588. The number of carbonyl (C=O) groups excluding carboxylic acids is 1. The van der Waals surface area contributed by atoms with E-state index >= 15 is 0 Å². The fourth-order valence-corrected chi connectivity index (χ4v) is 2.81. The predicted molar refractivity (Wildman–Crippen MR) is 91.4 cm³/mol. The second kappa shape index (κ2) is 9.70. The number of halogens is 1. The first-order valence-electron chi connectivity index (χ1n) is 7.84. The van der Waals surface area contributed by atoms with Gasteiger partial charge in [0.25, 0.3) is 0 Å². The number of ether oxygens (including phenoxy) is 1. The number of nitrogens with zero attached hydrogens (tertiary/aromatic N) is 1. The van der Waals surface area contributed by atoms with E-state index < -0.39 is 0 Å². The molecule has 0 bridgehead atoms. The minimum absolute atomic E-state index is 0. The van der Waals surface area contributed by atoms with Crippen LogP contribution in [-0.2, 0) is 4.79 Å². The Morgan fingerprint density at radius 3 is 2.64 bits per heavy atom. The average Bonchev–Trinajstić information content (AvgIpc) is 2.50. The minimum atomic E-state index is 0. The van der Waals surface area contributed by atoms with Crippen molar-refractivity contribution in [3.63, 3.8) is 0 Å². The number of benzene rings is 1. The van der Waals surface area contributed by atoms with Crippen LogP contribution in [0.15, 0.2) is 30.3 Å². The van der Waals surface area contributed by atoms with Gasteiger partial charge < -0.3 is 15.4 Å². The normalized spacial score (nSPS) is 20.8. The van der Waals surface area contributed by atoms with Crippen molar-refractivity contribution in [3.05, 3.63) is 30.3 Å². The molecule has 1 aromatic rings. The Morgan fingerprint density at radius 2 is 1.95 bits per heavy atom. The quantitative estimate of drug-likeness (QED) is 0.874. The van der Waals surface area contributed by atoms with Crippen molar-refractivity contribution >= 4 is 18.3 Å². The summed E-state index contributed by atoms with van der Waals surface area (Å²) in [5.74, 6) is 1.37. The van der Waals surface area contributed by atoms with Gasteiger partial charge in [0.05, 0.1) is 6.54 Å². The van der Waals surface area contributed by atoms with E-state index in [1.165, 1.54) is 12.8 Å². The van der Waals surface area contributed by atoms with Crippen molar-refractivity contribution in [2.24, 2.45) is 11.7 Å². The highest BCUT2D eigenvalue weighted by molar-refractivity contribution is 5.85. The van der Waals surface area contributed by atoms with E-state index in [1.807, 2.05) is 37.4 Å². The second-order valence-corrected chi connectivity index (χ2v) is 5.89. The molecule has 2 unspecified atom stereocenters. The molecule has 4 nitrogen and oxygen atoms in total. The maximum Gasteiger partial charge on any atom is 0.222 e. The monoisotopic (exact) mass is 326 g/mol.